The predicted molar refractivity (Wildman–Crippen MR) is 325 cm³/mol. The lowest BCUT2D eigenvalue weighted by Gasteiger charge is -2.46. The molecule has 0 aliphatic carbocycles. The van der Waals surface area contributed by atoms with Gasteiger partial charge in [0.2, 0.25) is 29.9 Å². The summed E-state index contributed by atoms with van der Waals surface area (Å²) in [6.07, 6.45) is -30.5. The van der Waals surface area contributed by atoms with Gasteiger partial charge in [0.15, 0.2) is 30.5 Å². The molecule has 36 nitrogen and oxygen atoms in total. The van der Waals surface area contributed by atoms with Crippen LogP contribution in [0.5, 0.6) is 5.75 Å². The van der Waals surface area contributed by atoms with E-state index in [-0.39, 0.29) is 42.4 Å². The Morgan fingerprint density at radius 1 is 0.695 bits per heavy atom. The number of hydrogen-bond acceptors (Lipinski definition) is 32. The second kappa shape index (κ2) is 34.3. The van der Waals surface area contributed by atoms with Gasteiger partial charge in [0.25, 0.3) is 0 Å². The van der Waals surface area contributed by atoms with Gasteiger partial charge < -0.3 is 148 Å². The molecule has 2 aromatic carbocycles. The van der Waals surface area contributed by atoms with Gasteiger partial charge in [-0.15, -0.1) is 0 Å². The Morgan fingerprint density at radius 3 is 1.89 bits per heavy atom. The van der Waals surface area contributed by atoms with Crippen LogP contribution in [0.15, 0.2) is 64.6 Å². The molecule has 0 aromatic heterocycles. The molecule has 25 atom stereocenters. The quantitative estimate of drug-likeness (QED) is 0.0246. The van der Waals surface area contributed by atoms with E-state index in [4.69, 9.17) is 45.6 Å². The maximum Gasteiger partial charge on any atom is 0.306 e. The number of benzene rings is 2. The van der Waals surface area contributed by atoms with Crippen LogP contribution in [-0.4, -0.2) is 305 Å². The molecule has 7 rings (SSSR count). The summed E-state index contributed by atoms with van der Waals surface area (Å²) in [6, 6.07) is 2.22. The van der Waals surface area contributed by atoms with Gasteiger partial charge in [0, 0.05) is 18.8 Å². The highest BCUT2D eigenvalue weighted by Crippen LogP contribution is 2.33. The number of carbonyl (C=O) groups is 6. The van der Waals surface area contributed by atoms with Crippen LogP contribution in [-0.2, 0) is 58.9 Å². The lowest BCUT2D eigenvalue weighted by atomic mass is 9.89. The van der Waals surface area contributed by atoms with Crippen LogP contribution in [0.4, 0.5) is 0 Å². The number of aliphatic hydroxyl groups is 13. The van der Waals surface area contributed by atoms with Gasteiger partial charge in [0.1, 0.15) is 116 Å². The topological polar surface area (TPSA) is 587 Å². The Kier molecular flexibility index (Phi) is 27.3. The van der Waals surface area contributed by atoms with Crippen molar-refractivity contribution >= 4 is 47.8 Å². The molecule has 0 radical (unpaired) electrons. The molecule has 0 spiro atoms. The molecule has 5 aliphatic rings. The maximum atomic E-state index is 15.0. The number of aliphatic imine (C=N–C) groups is 2. The van der Waals surface area contributed by atoms with Crippen molar-refractivity contribution in [2.45, 2.75) is 199 Å². The summed E-state index contributed by atoms with van der Waals surface area (Å²) in [7, 11) is 0. The van der Waals surface area contributed by atoms with Crippen LogP contribution < -0.4 is 48.5 Å². The van der Waals surface area contributed by atoms with Crippen LogP contribution in [0.3, 0.4) is 0 Å². The van der Waals surface area contributed by atoms with E-state index >= 15 is 4.79 Å². The Hall–Kier alpha value is -6.92. The molecule has 24 N–H and O–H groups in total. The SMILES string of the molecule is CCC(c1ccccc1)C(N)C(=O)NC(Cc1ccc(OC2OC(CO)C(OC3OC(CO)C(O)C(O)C3OC(=O)CCC(C)C)C(O)C2O)cc1)C(=O)NC(C(=O)NC(C(=O)NC(C=O)CO)C(O)C1CN=C(N)N1C1OC(CO)C(O)C(O)C1O)C(O)C1CN=C(N)N1. The van der Waals surface area contributed by atoms with Gasteiger partial charge in [-0.1, -0.05) is 63.2 Å². The Labute approximate surface area is 544 Å². The van der Waals surface area contributed by atoms with Crippen LogP contribution in [0.25, 0.3) is 0 Å². The number of amides is 4. The van der Waals surface area contributed by atoms with Crippen molar-refractivity contribution in [3.63, 3.8) is 0 Å². The highest BCUT2D eigenvalue weighted by atomic mass is 16.7. The first-order valence-corrected chi connectivity index (χ1v) is 31.0. The number of esters is 1. The number of hydrogen-bond donors (Lipinski definition) is 21. The molecule has 36 heteroatoms. The molecule has 25 unspecified atom stereocenters. The minimum atomic E-state index is -2.27. The molecule has 3 fully saturated rings. The van der Waals surface area contributed by atoms with Crippen molar-refractivity contribution in [2.24, 2.45) is 33.1 Å². The Bertz CT molecular complexity index is 2920. The van der Waals surface area contributed by atoms with Crippen LogP contribution in [0, 0.1) is 5.92 Å². The van der Waals surface area contributed by atoms with E-state index in [1.165, 1.54) is 24.3 Å². The summed E-state index contributed by atoms with van der Waals surface area (Å²) in [4.78, 5) is 92.3. The molecule has 3 saturated heterocycles. The van der Waals surface area contributed by atoms with Gasteiger partial charge >= 0.3 is 5.97 Å². The van der Waals surface area contributed by atoms with E-state index in [1.807, 2.05) is 13.8 Å². The number of nitrogens with one attached hydrogen (secondary N) is 5. The normalized spacial score (nSPS) is 31.8. The van der Waals surface area contributed by atoms with Crippen LogP contribution >= 0.6 is 0 Å². The Balaban J connectivity index is 1.15. The van der Waals surface area contributed by atoms with Crippen LogP contribution in [0.1, 0.15) is 57.1 Å². The van der Waals surface area contributed by atoms with E-state index in [0.29, 0.717) is 18.4 Å². The third kappa shape index (κ3) is 18.2. The van der Waals surface area contributed by atoms with E-state index in [0.717, 1.165) is 4.90 Å². The van der Waals surface area contributed by atoms with E-state index in [1.54, 1.807) is 37.3 Å². The largest absolute Gasteiger partial charge is 0.462 e. The number of guanidine groups is 2. The smallest absolute Gasteiger partial charge is 0.306 e. The number of aldehydes is 1. The zero-order chi connectivity index (χ0) is 69.7. The van der Waals surface area contributed by atoms with Crippen molar-refractivity contribution in [1.29, 1.82) is 0 Å². The van der Waals surface area contributed by atoms with Gasteiger partial charge in [0.05, 0.1) is 57.6 Å². The molecule has 530 valence electrons. The maximum absolute atomic E-state index is 15.0. The lowest BCUT2D eigenvalue weighted by Crippen LogP contribution is -2.70. The number of nitrogens with two attached hydrogens (primary N) is 3. The average Bonchev–Trinajstić information content (AvgIpc) is 1.77. The number of nitrogens with zero attached hydrogens (tertiary/aromatic N) is 3. The van der Waals surface area contributed by atoms with E-state index in [9.17, 15) is 90.4 Å². The molecule has 2 aromatic rings. The zero-order valence-electron chi connectivity index (χ0n) is 52.1. The minimum absolute atomic E-state index is 0.0542. The van der Waals surface area contributed by atoms with Crippen molar-refractivity contribution in [3.05, 3.63) is 65.7 Å². The molecule has 95 heavy (non-hydrogen) atoms. The third-order valence-electron chi connectivity index (χ3n) is 17.1. The average molecular weight is 1350 g/mol. The monoisotopic (exact) mass is 1350 g/mol. The van der Waals surface area contributed by atoms with Gasteiger partial charge in [-0.05, 0) is 42.0 Å². The second-order valence-electron chi connectivity index (χ2n) is 24.1. The van der Waals surface area contributed by atoms with Gasteiger partial charge in [-0.2, -0.15) is 0 Å². The number of carbonyl (C=O) groups excluding carboxylic acids is 6. The third-order valence-corrected chi connectivity index (χ3v) is 17.1. The molecule has 5 heterocycles. The van der Waals surface area contributed by atoms with Crippen LogP contribution in [0.2, 0.25) is 0 Å². The summed E-state index contributed by atoms with van der Waals surface area (Å²) in [6.45, 7) is 1.10. The standard InChI is InChI=1S/C59H89N11O25/c1-4-29(26-8-6-5-7-9-26)37(60)52(87)66-30(16-25-11-13-28(14-12-25)90-56-48(85)46(83)49(35(23-75)93-56)95-57-50(94-36(76)15-10-24(2)3)45(82)43(80)34(22-74)92-57)51(86)68-38(40(77)31-17-63-58(61)67-31)54(89)69-39(53(88)65-27(19-71)20-72)41(78)32-18-64-59(62)70(32)55-47(84)44(81)42(79)33(21-73)91-55/h5-9,11-14,19,24,27,29-35,37-50,55-57,72-75,77-85H,4,10,15-18,20-23,60H2,1-3H3,(H2,62,64)(H,65,88)(H,66,87)(H,68,86)(H,69,89)(H3,61,63,67). The predicted octanol–water partition coefficient (Wildman–Crippen LogP) is -10.3. The van der Waals surface area contributed by atoms with Crippen molar-refractivity contribution in [2.75, 3.05) is 39.5 Å². The fraction of sp³-hybridized carbons (Fsp3) is 0.661. The summed E-state index contributed by atoms with van der Waals surface area (Å²) >= 11 is 0. The first-order chi connectivity index (χ1) is 45.2. The molecular formula is C59H89N11O25. The summed E-state index contributed by atoms with van der Waals surface area (Å²) in [5, 5.41) is 153. The number of aliphatic hydroxyl groups excluding tert-OH is 13. The van der Waals surface area contributed by atoms with Crippen molar-refractivity contribution in [3.8, 4) is 5.75 Å². The first kappa shape index (κ1) is 75.5. The molecule has 0 bridgehead atoms. The Morgan fingerprint density at radius 2 is 1.29 bits per heavy atom. The highest BCUT2D eigenvalue weighted by Gasteiger charge is 2.55. The van der Waals surface area contributed by atoms with Crippen molar-refractivity contribution < 1.29 is 124 Å². The zero-order valence-corrected chi connectivity index (χ0v) is 52.1. The second-order valence-corrected chi connectivity index (χ2v) is 24.1. The molecule has 0 saturated carbocycles. The van der Waals surface area contributed by atoms with Gasteiger partial charge in [-0.3, -0.25) is 34.0 Å². The summed E-state index contributed by atoms with van der Waals surface area (Å²) < 4.78 is 34.5. The number of ether oxygens (including phenoxy) is 6. The summed E-state index contributed by atoms with van der Waals surface area (Å²) in [5.74, 6) is -6.85. The fourth-order valence-electron chi connectivity index (χ4n) is 11.6. The number of rotatable bonds is 31. The lowest BCUT2D eigenvalue weighted by molar-refractivity contribution is -0.353. The highest BCUT2D eigenvalue weighted by molar-refractivity contribution is 5.96. The molecule has 5 aliphatic heterocycles. The van der Waals surface area contributed by atoms with Crippen molar-refractivity contribution in [1.82, 2.24) is 31.5 Å². The van der Waals surface area contributed by atoms with Gasteiger partial charge in [-0.25, -0.2) is 0 Å². The fourth-order valence-corrected chi connectivity index (χ4v) is 11.6. The molecular weight excluding hydrogens is 1260 g/mol. The molecule has 4 amide bonds. The van der Waals surface area contributed by atoms with E-state index < -0.39 is 227 Å². The summed E-state index contributed by atoms with van der Waals surface area (Å²) in [5.41, 5.74) is 19.6. The minimum Gasteiger partial charge on any atom is -0.462 e. The van der Waals surface area contributed by atoms with E-state index in [2.05, 4.69) is 36.6 Å². The first-order valence-electron chi connectivity index (χ1n) is 31.0.